The normalized spacial score (nSPS) is 20.2. The lowest BCUT2D eigenvalue weighted by atomic mass is 9.95. The van der Waals surface area contributed by atoms with Crippen LogP contribution in [0.25, 0.3) is 0 Å². The quantitative estimate of drug-likeness (QED) is 0.264. The zero-order chi connectivity index (χ0) is 28.1. The number of aryl methyl sites for hydroxylation is 1. The van der Waals surface area contributed by atoms with Crippen LogP contribution in [-0.2, 0) is 32.8 Å². The first-order valence-corrected chi connectivity index (χ1v) is 12.9. The number of pyridine rings is 1. The zero-order valence-corrected chi connectivity index (χ0v) is 21.8. The molecule has 2 aromatic rings. The molecule has 0 radical (unpaired) electrons. The zero-order valence-electron chi connectivity index (χ0n) is 21.8. The lowest BCUT2D eigenvalue weighted by Gasteiger charge is -2.23. The van der Waals surface area contributed by atoms with Crippen molar-refractivity contribution >= 4 is 35.1 Å². The molecule has 4 rings (SSSR count). The van der Waals surface area contributed by atoms with Crippen molar-refractivity contribution in [2.75, 3.05) is 12.4 Å². The van der Waals surface area contributed by atoms with Gasteiger partial charge in [0.05, 0.1) is 6.20 Å². The number of amides is 4. The number of aromatic nitrogens is 4. The third-order valence-electron chi connectivity index (χ3n) is 7.39. The van der Waals surface area contributed by atoms with Crippen molar-refractivity contribution in [3.8, 4) is 0 Å². The predicted octanol–water partition coefficient (Wildman–Crippen LogP) is -0.886. The summed E-state index contributed by atoms with van der Waals surface area (Å²) in [4.78, 5) is 75.1. The van der Waals surface area contributed by atoms with Crippen LogP contribution < -0.4 is 26.8 Å². The average Bonchev–Trinajstić information content (AvgIpc) is 3.65. The van der Waals surface area contributed by atoms with Crippen molar-refractivity contribution in [2.45, 2.75) is 57.2 Å². The first-order chi connectivity index (χ1) is 18.7. The summed E-state index contributed by atoms with van der Waals surface area (Å²) in [6.07, 6.45) is 6.54. The van der Waals surface area contributed by atoms with Crippen LogP contribution in [0, 0.1) is 11.8 Å². The Morgan fingerprint density at radius 3 is 2.59 bits per heavy atom. The number of hydrogen-bond acceptors (Lipinski definition) is 8. The molecule has 2 aliphatic carbocycles. The fourth-order valence-electron chi connectivity index (χ4n) is 5.33. The summed E-state index contributed by atoms with van der Waals surface area (Å²) in [6, 6.07) is 1.76. The second kappa shape index (κ2) is 12.0. The number of carbonyl (C=O) groups is 5. The summed E-state index contributed by atoms with van der Waals surface area (Å²) in [5.74, 6) is -2.18. The first kappa shape index (κ1) is 27.7. The number of hydrogen-bond donors (Lipinski definition) is 4. The molecule has 2 aromatic heterocycles. The Morgan fingerprint density at radius 1 is 1.15 bits per heavy atom. The van der Waals surface area contributed by atoms with Gasteiger partial charge < -0.3 is 25.8 Å². The van der Waals surface area contributed by atoms with Gasteiger partial charge in [-0.3, -0.25) is 28.8 Å². The van der Waals surface area contributed by atoms with Gasteiger partial charge in [0, 0.05) is 32.8 Å². The number of nitrogens with one attached hydrogen (secondary N) is 4. The van der Waals surface area contributed by atoms with Crippen molar-refractivity contribution in [1.82, 2.24) is 35.5 Å². The van der Waals surface area contributed by atoms with Crippen LogP contribution >= 0.6 is 0 Å². The van der Waals surface area contributed by atoms with Gasteiger partial charge in [-0.1, -0.05) is 11.6 Å². The molecule has 2 aliphatic rings. The average molecular weight is 541 g/mol. The van der Waals surface area contributed by atoms with E-state index in [4.69, 9.17) is 0 Å². The Morgan fingerprint density at radius 2 is 1.95 bits per heavy atom. The third kappa shape index (κ3) is 6.56. The van der Waals surface area contributed by atoms with Crippen molar-refractivity contribution < 1.29 is 24.0 Å². The monoisotopic (exact) mass is 540 g/mol. The van der Waals surface area contributed by atoms with E-state index in [1.165, 1.54) is 54.3 Å². The highest BCUT2D eigenvalue weighted by atomic mass is 16.2. The van der Waals surface area contributed by atoms with Gasteiger partial charge in [-0.05, 0) is 49.7 Å². The van der Waals surface area contributed by atoms with E-state index in [1.807, 2.05) is 0 Å². The Kier molecular flexibility index (Phi) is 8.52. The van der Waals surface area contributed by atoms with Crippen molar-refractivity contribution in [3.05, 3.63) is 40.6 Å². The van der Waals surface area contributed by atoms with Gasteiger partial charge in [0.15, 0.2) is 0 Å². The molecule has 0 aromatic carbocycles. The number of carbonyl (C=O) groups excluding carboxylic acids is 5. The molecule has 14 heteroatoms. The highest BCUT2D eigenvalue weighted by molar-refractivity contribution is 6.36. The van der Waals surface area contributed by atoms with E-state index in [1.54, 1.807) is 0 Å². The summed E-state index contributed by atoms with van der Waals surface area (Å²) in [6.45, 7) is -0.204. The van der Waals surface area contributed by atoms with Crippen LogP contribution in [0.3, 0.4) is 0 Å². The smallest absolute Gasteiger partial charge is 0.287 e. The standard InChI is InChI=1S/C25H32N8O6/c1-26-24(38)20(34)8-7-16(29-23(37)19-12-27-31-32(19)2)22(36)30-17-4-3-9-33(25(17)39)13-21(35)28-18-11-14-5-6-15(18)10-14/h3-4,9,12,14-16,18H,5-8,10-11,13H2,1-2H3,(H,26,38)(H,28,35)(H,29,37)(H,30,36)/t14-,15+,16-,18+/m0/s1. The Bertz CT molecular complexity index is 1330. The number of anilines is 1. The predicted molar refractivity (Wildman–Crippen MR) is 137 cm³/mol. The van der Waals surface area contributed by atoms with Crippen LogP contribution in [0.15, 0.2) is 29.3 Å². The molecule has 2 heterocycles. The Labute approximate surface area is 223 Å². The van der Waals surface area contributed by atoms with Crippen LogP contribution in [0.4, 0.5) is 5.69 Å². The van der Waals surface area contributed by atoms with Gasteiger partial charge in [-0.15, -0.1) is 5.10 Å². The number of ketones is 1. The molecule has 4 atom stereocenters. The molecular weight excluding hydrogens is 508 g/mol. The third-order valence-corrected chi connectivity index (χ3v) is 7.39. The fraction of sp³-hybridized carbons (Fsp3) is 0.520. The minimum atomic E-state index is -1.27. The lowest BCUT2D eigenvalue weighted by molar-refractivity contribution is -0.137. The molecule has 2 saturated carbocycles. The van der Waals surface area contributed by atoms with Gasteiger partial charge in [0.2, 0.25) is 17.6 Å². The van der Waals surface area contributed by atoms with Crippen LogP contribution in [0.2, 0.25) is 0 Å². The second-order valence-corrected chi connectivity index (χ2v) is 10.0. The Balaban J connectivity index is 1.43. The van der Waals surface area contributed by atoms with Gasteiger partial charge in [0.1, 0.15) is 24.0 Å². The van der Waals surface area contributed by atoms with Crippen molar-refractivity contribution in [3.63, 3.8) is 0 Å². The molecule has 0 aliphatic heterocycles. The largest absolute Gasteiger partial charge is 0.353 e. The molecule has 0 unspecified atom stereocenters. The van der Waals surface area contributed by atoms with Crippen molar-refractivity contribution in [2.24, 2.45) is 18.9 Å². The lowest BCUT2D eigenvalue weighted by Crippen LogP contribution is -2.46. The minimum Gasteiger partial charge on any atom is -0.353 e. The maximum absolute atomic E-state index is 13.1. The number of Topliss-reactive ketones (excluding diaryl/α,β-unsaturated/α-hetero) is 1. The SMILES string of the molecule is CNC(=O)C(=O)CC[C@H](NC(=O)c1cnnn1C)C(=O)Nc1cccn(CC(=O)N[C@@H]2C[C@H]3CC[C@@H]2C3)c1=O. The highest BCUT2D eigenvalue weighted by Gasteiger charge is 2.40. The van der Waals surface area contributed by atoms with Crippen LogP contribution in [-0.4, -0.2) is 68.1 Å². The number of likely N-dealkylation sites (N-methyl/N-ethyl adjacent to an activating group) is 1. The molecule has 2 bridgehead atoms. The molecule has 4 amide bonds. The maximum atomic E-state index is 13.1. The number of rotatable bonds is 11. The van der Waals surface area contributed by atoms with Gasteiger partial charge in [-0.25, -0.2) is 4.68 Å². The number of fused-ring (bicyclic) bond motifs is 2. The van der Waals surface area contributed by atoms with E-state index in [0.29, 0.717) is 11.8 Å². The molecule has 0 saturated heterocycles. The van der Waals surface area contributed by atoms with Gasteiger partial charge in [0.25, 0.3) is 17.4 Å². The fourth-order valence-corrected chi connectivity index (χ4v) is 5.33. The maximum Gasteiger partial charge on any atom is 0.287 e. The molecule has 14 nitrogen and oxygen atoms in total. The summed E-state index contributed by atoms with van der Waals surface area (Å²) in [5, 5.41) is 17.5. The topological polar surface area (TPSA) is 186 Å². The number of nitrogens with zero attached hydrogens (tertiary/aromatic N) is 4. The van der Waals surface area contributed by atoms with Gasteiger partial charge in [-0.2, -0.15) is 0 Å². The molecule has 39 heavy (non-hydrogen) atoms. The summed E-state index contributed by atoms with van der Waals surface area (Å²) < 4.78 is 2.40. The van der Waals surface area contributed by atoms with E-state index in [2.05, 4.69) is 31.6 Å². The van der Waals surface area contributed by atoms with Gasteiger partial charge >= 0.3 is 0 Å². The molecular formula is C25H32N8O6. The van der Waals surface area contributed by atoms with E-state index in [0.717, 1.165) is 19.3 Å². The van der Waals surface area contributed by atoms with E-state index >= 15 is 0 Å². The molecule has 4 N–H and O–H groups in total. The molecule has 0 spiro atoms. The van der Waals surface area contributed by atoms with Crippen LogP contribution in [0.1, 0.15) is 49.0 Å². The van der Waals surface area contributed by atoms with E-state index < -0.39 is 35.1 Å². The first-order valence-electron chi connectivity index (χ1n) is 12.9. The van der Waals surface area contributed by atoms with E-state index in [-0.39, 0.29) is 42.7 Å². The summed E-state index contributed by atoms with van der Waals surface area (Å²) in [7, 11) is 2.80. The molecule has 208 valence electrons. The van der Waals surface area contributed by atoms with Crippen molar-refractivity contribution in [1.29, 1.82) is 0 Å². The minimum absolute atomic E-state index is 0.0639. The second-order valence-electron chi connectivity index (χ2n) is 10.0. The molecule has 2 fully saturated rings. The summed E-state index contributed by atoms with van der Waals surface area (Å²) in [5.41, 5.74) is -0.639. The summed E-state index contributed by atoms with van der Waals surface area (Å²) >= 11 is 0. The van der Waals surface area contributed by atoms with Crippen LogP contribution in [0.5, 0.6) is 0 Å². The highest BCUT2D eigenvalue weighted by Crippen LogP contribution is 2.44. The van der Waals surface area contributed by atoms with E-state index in [9.17, 15) is 28.8 Å². The Hall–Kier alpha value is -4.36.